The van der Waals surface area contributed by atoms with Crippen molar-refractivity contribution in [1.82, 2.24) is 15.2 Å². The molecule has 1 unspecified atom stereocenters. The number of likely N-dealkylation sites (tertiary alicyclic amines) is 1. The number of hydrogen-bond donors (Lipinski definition) is 1. The third kappa shape index (κ3) is 4.24. The summed E-state index contributed by atoms with van der Waals surface area (Å²) in [7, 11) is 0. The zero-order valence-electron chi connectivity index (χ0n) is 17.8. The molecule has 5 rings (SSSR count). The Morgan fingerprint density at radius 3 is 2.73 bits per heavy atom. The Hall–Kier alpha value is -1.60. The lowest BCUT2D eigenvalue weighted by Crippen LogP contribution is -2.49. The number of carbonyl (C=O) groups is 1. The van der Waals surface area contributed by atoms with Gasteiger partial charge in [-0.25, -0.2) is 4.99 Å². The number of thioether (sulfide) groups is 1. The third-order valence-electron chi connectivity index (χ3n) is 7.60. The van der Waals surface area contributed by atoms with Crippen LogP contribution in [-0.2, 0) is 16.0 Å². The fourth-order valence-corrected chi connectivity index (χ4v) is 6.99. The summed E-state index contributed by atoms with van der Waals surface area (Å²) in [6.45, 7) is 4.27. The molecule has 0 spiro atoms. The van der Waals surface area contributed by atoms with Crippen LogP contribution in [0, 0.1) is 17.8 Å². The second kappa shape index (κ2) is 8.50. The van der Waals surface area contributed by atoms with E-state index in [0.717, 1.165) is 48.5 Å². The van der Waals surface area contributed by atoms with Crippen molar-refractivity contribution in [2.75, 3.05) is 19.8 Å². The van der Waals surface area contributed by atoms with Crippen molar-refractivity contribution < 1.29 is 9.53 Å². The Morgan fingerprint density at radius 2 is 2.03 bits per heavy atom. The first kappa shape index (κ1) is 20.3. The number of carbonyl (C=O) groups excluding carboxylic acids is 1. The van der Waals surface area contributed by atoms with Gasteiger partial charge in [0.05, 0.1) is 6.42 Å². The van der Waals surface area contributed by atoms with Gasteiger partial charge in [0.1, 0.15) is 11.7 Å². The van der Waals surface area contributed by atoms with Crippen molar-refractivity contribution in [3.05, 3.63) is 30.1 Å². The van der Waals surface area contributed by atoms with Gasteiger partial charge < -0.3 is 15.0 Å². The maximum Gasteiger partial charge on any atom is 0.226 e. The third-order valence-corrected chi connectivity index (χ3v) is 8.90. The number of amides is 1. The Morgan fingerprint density at radius 1 is 1.23 bits per heavy atom. The molecule has 3 heterocycles. The van der Waals surface area contributed by atoms with Crippen LogP contribution in [0.4, 0.5) is 0 Å². The minimum Gasteiger partial charge on any atom is -0.362 e. The van der Waals surface area contributed by atoms with Gasteiger partial charge in [-0.15, -0.1) is 0 Å². The highest BCUT2D eigenvalue weighted by atomic mass is 32.2. The first-order chi connectivity index (χ1) is 14.6. The standard InChI is InChI=1S/C23H32N4O2S/c1-23(29-15-25-22(30-23)26-20-13-17-2-3-18(20)12-17)19-6-10-27(11-7-19)21(28)14-16-4-8-24-9-5-16/h4-5,8-9,17-20H,2-3,6-7,10-15H2,1H3,(H,25,26)/t17-,18+,20+,23?/m1/s1. The van der Waals surface area contributed by atoms with Gasteiger partial charge in [0.2, 0.25) is 5.91 Å². The minimum absolute atomic E-state index is 0.210. The van der Waals surface area contributed by atoms with Crippen LogP contribution < -0.4 is 5.32 Å². The molecule has 2 aliphatic carbocycles. The van der Waals surface area contributed by atoms with E-state index in [1.807, 2.05) is 17.0 Å². The molecule has 1 aromatic heterocycles. The van der Waals surface area contributed by atoms with E-state index >= 15 is 0 Å². The smallest absolute Gasteiger partial charge is 0.226 e. The van der Waals surface area contributed by atoms with E-state index in [0.29, 0.717) is 25.1 Å². The highest BCUT2D eigenvalue weighted by Gasteiger charge is 2.44. The summed E-state index contributed by atoms with van der Waals surface area (Å²) in [6, 6.07) is 4.44. The Kier molecular flexibility index (Phi) is 5.75. The van der Waals surface area contributed by atoms with Crippen molar-refractivity contribution in [3.8, 4) is 0 Å². The molecule has 4 aliphatic rings. The lowest BCUT2D eigenvalue weighted by molar-refractivity contribution is -0.133. The second-order valence-corrected chi connectivity index (χ2v) is 10.9. The van der Waals surface area contributed by atoms with Gasteiger partial charge in [-0.1, -0.05) is 18.2 Å². The minimum atomic E-state index is -0.262. The molecule has 30 heavy (non-hydrogen) atoms. The average Bonchev–Trinajstić information content (AvgIpc) is 3.38. The van der Waals surface area contributed by atoms with Gasteiger partial charge in [-0.3, -0.25) is 9.78 Å². The van der Waals surface area contributed by atoms with Crippen LogP contribution in [0.2, 0.25) is 0 Å². The Bertz CT molecular complexity index is 796. The predicted octanol–water partition coefficient (Wildman–Crippen LogP) is 3.43. The molecule has 2 bridgehead atoms. The van der Waals surface area contributed by atoms with Crippen LogP contribution in [0.25, 0.3) is 0 Å². The van der Waals surface area contributed by atoms with Gasteiger partial charge in [0.15, 0.2) is 5.17 Å². The number of amidine groups is 1. The summed E-state index contributed by atoms with van der Waals surface area (Å²) < 4.78 is 6.18. The van der Waals surface area contributed by atoms with Crippen LogP contribution in [0.5, 0.6) is 0 Å². The number of nitrogens with zero attached hydrogens (tertiary/aromatic N) is 3. The number of fused-ring (bicyclic) bond motifs is 2. The largest absolute Gasteiger partial charge is 0.362 e. The number of piperidine rings is 1. The molecule has 0 aromatic carbocycles. The molecule has 1 amide bonds. The lowest BCUT2D eigenvalue weighted by Gasteiger charge is -2.43. The van der Waals surface area contributed by atoms with Crippen molar-refractivity contribution >= 4 is 22.8 Å². The quantitative estimate of drug-likeness (QED) is 0.796. The van der Waals surface area contributed by atoms with Crippen LogP contribution in [0.15, 0.2) is 29.5 Å². The molecule has 4 atom stereocenters. The summed E-state index contributed by atoms with van der Waals surface area (Å²) in [5.41, 5.74) is 1.03. The van der Waals surface area contributed by atoms with Gasteiger partial charge in [0.25, 0.3) is 0 Å². The number of hydrogen-bond acceptors (Lipinski definition) is 6. The first-order valence-electron chi connectivity index (χ1n) is 11.4. The molecule has 162 valence electrons. The molecule has 1 saturated heterocycles. The Labute approximate surface area is 183 Å². The van der Waals surface area contributed by atoms with Gasteiger partial charge in [-0.05, 0) is 68.6 Å². The van der Waals surface area contributed by atoms with Gasteiger partial charge in [0, 0.05) is 37.4 Å². The highest BCUT2D eigenvalue weighted by Crippen LogP contribution is 2.46. The van der Waals surface area contributed by atoms with E-state index in [9.17, 15) is 4.79 Å². The molecule has 1 aromatic rings. The normalized spacial score (nSPS) is 34.1. The van der Waals surface area contributed by atoms with Crippen molar-refractivity contribution in [1.29, 1.82) is 0 Å². The van der Waals surface area contributed by atoms with E-state index in [4.69, 9.17) is 4.74 Å². The van der Waals surface area contributed by atoms with Gasteiger partial charge in [-0.2, -0.15) is 0 Å². The number of ether oxygens (including phenoxy) is 1. The molecule has 7 heteroatoms. The van der Waals surface area contributed by atoms with Crippen molar-refractivity contribution in [2.45, 2.75) is 62.8 Å². The number of aliphatic imine (C=N–C) groups is 1. The molecule has 6 nitrogen and oxygen atoms in total. The number of rotatable bonds is 4. The highest BCUT2D eigenvalue weighted by molar-refractivity contribution is 8.14. The molecule has 0 radical (unpaired) electrons. The summed E-state index contributed by atoms with van der Waals surface area (Å²) >= 11 is 1.77. The van der Waals surface area contributed by atoms with E-state index in [1.165, 1.54) is 25.7 Å². The summed E-state index contributed by atoms with van der Waals surface area (Å²) in [4.78, 5) is 23.1. The number of aromatic nitrogens is 1. The van der Waals surface area contributed by atoms with Crippen molar-refractivity contribution in [3.63, 3.8) is 0 Å². The topological polar surface area (TPSA) is 66.8 Å². The van der Waals surface area contributed by atoms with Crippen molar-refractivity contribution in [2.24, 2.45) is 22.7 Å². The molecule has 1 N–H and O–H groups in total. The first-order valence-corrected chi connectivity index (χ1v) is 12.2. The van der Waals surface area contributed by atoms with E-state index < -0.39 is 0 Å². The average molecular weight is 429 g/mol. The van der Waals surface area contributed by atoms with E-state index in [-0.39, 0.29) is 10.8 Å². The van der Waals surface area contributed by atoms with Crippen LogP contribution in [0.1, 0.15) is 51.0 Å². The fraction of sp³-hybridized carbons (Fsp3) is 0.696. The van der Waals surface area contributed by atoms with Crippen LogP contribution >= 0.6 is 11.8 Å². The second-order valence-electron chi connectivity index (χ2n) is 9.47. The maximum absolute atomic E-state index is 12.7. The summed E-state index contributed by atoms with van der Waals surface area (Å²) in [6.07, 6.45) is 11.4. The van der Waals surface area contributed by atoms with Crippen LogP contribution in [-0.4, -0.2) is 51.8 Å². The molecular weight excluding hydrogens is 396 g/mol. The molecular formula is C23H32N4O2S. The lowest BCUT2D eigenvalue weighted by atomic mass is 9.91. The Balaban J connectivity index is 1.14. The summed E-state index contributed by atoms with van der Waals surface area (Å²) in [5, 5.41) is 4.83. The monoisotopic (exact) mass is 428 g/mol. The summed E-state index contributed by atoms with van der Waals surface area (Å²) in [5.74, 6) is 2.41. The maximum atomic E-state index is 12.7. The van der Waals surface area contributed by atoms with E-state index in [2.05, 4.69) is 22.2 Å². The SMILES string of the molecule is CC1(C2CCN(C(=O)Cc3ccncc3)CC2)OCN=C(N[C@H]2C[C@@H]3CC[C@H]2C3)S1. The number of nitrogens with one attached hydrogen (secondary N) is 1. The predicted molar refractivity (Wildman–Crippen MR) is 119 cm³/mol. The zero-order chi connectivity index (χ0) is 20.6. The van der Waals surface area contributed by atoms with Gasteiger partial charge >= 0.3 is 0 Å². The molecule has 2 saturated carbocycles. The molecule has 2 aliphatic heterocycles. The number of pyridine rings is 1. The van der Waals surface area contributed by atoms with E-state index in [1.54, 1.807) is 24.2 Å². The van der Waals surface area contributed by atoms with Crippen LogP contribution in [0.3, 0.4) is 0 Å². The fourth-order valence-electron chi connectivity index (χ4n) is 5.77. The molecule has 3 fully saturated rings. The zero-order valence-corrected chi connectivity index (χ0v) is 18.6.